The lowest BCUT2D eigenvalue weighted by Crippen LogP contribution is -2.30. The summed E-state index contributed by atoms with van der Waals surface area (Å²) >= 11 is 0. The van der Waals surface area contributed by atoms with Gasteiger partial charge in [0.05, 0.1) is 0 Å². The Kier molecular flexibility index (Phi) is 48.6. The minimum Gasteiger partial charge on any atom is -0.462 e. The summed E-state index contributed by atoms with van der Waals surface area (Å²) in [5.41, 5.74) is 0. The lowest BCUT2D eigenvalue weighted by atomic mass is 10.1. The average Bonchev–Trinajstić information content (AvgIpc) is 3.30. The van der Waals surface area contributed by atoms with Gasteiger partial charge in [-0.05, 0) is 96.3 Å². The van der Waals surface area contributed by atoms with E-state index in [9.17, 15) is 14.4 Å². The zero-order valence-electron chi connectivity index (χ0n) is 41.4. The normalized spacial score (nSPS) is 13.2. The smallest absolute Gasteiger partial charge is 0.306 e. The molecule has 0 rings (SSSR count). The number of esters is 3. The molecule has 0 saturated carbocycles. The Hall–Kier alpha value is -4.45. The van der Waals surface area contributed by atoms with Crippen LogP contribution in [0, 0.1) is 0 Å². The molecule has 364 valence electrons. The highest BCUT2D eigenvalue weighted by Crippen LogP contribution is 2.12. The maximum absolute atomic E-state index is 12.8. The van der Waals surface area contributed by atoms with Crippen molar-refractivity contribution < 1.29 is 28.6 Å². The van der Waals surface area contributed by atoms with Crippen LogP contribution in [0.1, 0.15) is 201 Å². The molecule has 0 aliphatic rings. The van der Waals surface area contributed by atoms with Crippen molar-refractivity contribution in [3.8, 4) is 0 Å². The monoisotopic (exact) mass is 897 g/mol. The SMILES string of the molecule is CC\C=C/C=C\C=C/CCCCCCCC(=O)OCC(COC(=O)CCCCCCC\C=C/C=C\C=C/CCCCCCC)OC(=O)CC/C=C\C/C=C\C/C=C\C/C=C\C/C=C\CC. The van der Waals surface area contributed by atoms with E-state index in [1.165, 1.54) is 32.1 Å². The van der Waals surface area contributed by atoms with Crippen molar-refractivity contribution in [1.82, 2.24) is 0 Å². The largest absolute Gasteiger partial charge is 0.462 e. The average molecular weight is 897 g/mol. The fourth-order valence-electron chi connectivity index (χ4n) is 6.43. The summed E-state index contributed by atoms with van der Waals surface area (Å²) in [6.07, 6.45) is 73.0. The molecule has 0 aromatic heterocycles. The Morgan fingerprint density at radius 1 is 0.338 bits per heavy atom. The fourth-order valence-corrected chi connectivity index (χ4v) is 6.43. The highest BCUT2D eigenvalue weighted by atomic mass is 16.6. The van der Waals surface area contributed by atoms with Crippen LogP contribution in [-0.2, 0) is 28.6 Å². The standard InChI is InChI=1S/C59H92O6/c1-4-7-10-13-16-19-22-25-27-29-30-32-34-37-40-43-46-49-52-58(61)64-55-56(54-63-57(60)51-48-45-42-39-36-33-24-21-18-15-12-9-6-3)65-59(62)53-50-47-44-41-38-35-31-28-26-23-20-17-14-11-8-5-2/h8-9,11-12,15,17-18,20-22,24-30,32,35,38,44,47,56H,4-7,10,13-14,16,19,23,31,33-34,36-37,39-43,45-46,48-55H2,1-3H3/b11-8-,12-9-,18-15-,20-17-,24-21-,25-22-,28-26-,29-27-,32-30-,38-35-,47-44-. The Morgan fingerprint density at radius 3 is 1.14 bits per heavy atom. The van der Waals surface area contributed by atoms with Gasteiger partial charge in [0.25, 0.3) is 0 Å². The Bertz CT molecular complexity index is 1450. The molecule has 0 aliphatic carbocycles. The van der Waals surface area contributed by atoms with Crippen LogP contribution in [-0.4, -0.2) is 37.2 Å². The molecule has 6 heteroatoms. The van der Waals surface area contributed by atoms with Gasteiger partial charge in [-0.3, -0.25) is 14.4 Å². The van der Waals surface area contributed by atoms with E-state index in [1.807, 2.05) is 18.2 Å². The second kappa shape index (κ2) is 52.2. The number of rotatable bonds is 44. The zero-order valence-corrected chi connectivity index (χ0v) is 41.4. The molecule has 0 fully saturated rings. The first-order valence-corrected chi connectivity index (χ1v) is 25.8. The van der Waals surface area contributed by atoms with E-state index < -0.39 is 12.1 Å². The van der Waals surface area contributed by atoms with Crippen LogP contribution >= 0.6 is 0 Å². The molecule has 65 heavy (non-hydrogen) atoms. The van der Waals surface area contributed by atoms with Crippen LogP contribution in [0.25, 0.3) is 0 Å². The van der Waals surface area contributed by atoms with Gasteiger partial charge in [-0.15, -0.1) is 0 Å². The third-order valence-corrected chi connectivity index (χ3v) is 10.3. The topological polar surface area (TPSA) is 78.9 Å². The van der Waals surface area contributed by atoms with Gasteiger partial charge >= 0.3 is 17.9 Å². The number of allylic oxidation sites excluding steroid dienone is 22. The summed E-state index contributed by atoms with van der Waals surface area (Å²) in [6, 6.07) is 0. The maximum atomic E-state index is 12.8. The first kappa shape index (κ1) is 60.5. The van der Waals surface area contributed by atoms with Crippen molar-refractivity contribution >= 4 is 17.9 Å². The van der Waals surface area contributed by atoms with E-state index in [-0.39, 0.29) is 31.6 Å². The van der Waals surface area contributed by atoms with Crippen molar-refractivity contribution in [3.05, 3.63) is 134 Å². The highest BCUT2D eigenvalue weighted by molar-refractivity contribution is 5.71. The number of unbranched alkanes of at least 4 members (excludes halogenated alkanes) is 15. The molecule has 0 spiro atoms. The molecule has 1 atom stereocenters. The molecule has 0 aromatic rings. The molecule has 0 aliphatic heterocycles. The zero-order chi connectivity index (χ0) is 47.2. The Balaban J connectivity index is 4.58. The molecule has 0 aromatic carbocycles. The minimum absolute atomic E-state index is 0.130. The molecule has 0 amide bonds. The van der Waals surface area contributed by atoms with Crippen molar-refractivity contribution in [3.63, 3.8) is 0 Å². The lowest BCUT2D eigenvalue weighted by Gasteiger charge is -2.18. The summed E-state index contributed by atoms with van der Waals surface area (Å²) in [4.78, 5) is 38.0. The van der Waals surface area contributed by atoms with Gasteiger partial charge in [-0.2, -0.15) is 0 Å². The third kappa shape index (κ3) is 50.4. The summed E-state index contributed by atoms with van der Waals surface area (Å²) in [5, 5.41) is 0. The summed E-state index contributed by atoms with van der Waals surface area (Å²) in [6.45, 7) is 6.25. The number of carbonyl (C=O) groups excluding carboxylic acids is 3. The van der Waals surface area contributed by atoms with Gasteiger partial charge in [0, 0.05) is 19.3 Å². The minimum atomic E-state index is -0.839. The summed E-state index contributed by atoms with van der Waals surface area (Å²) in [5.74, 6) is -1.06. The molecule has 0 radical (unpaired) electrons. The van der Waals surface area contributed by atoms with Crippen molar-refractivity contribution in [2.75, 3.05) is 13.2 Å². The molecule has 0 N–H and O–H groups in total. The predicted octanol–water partition coefficient (Wildman–Crippen LogP) is 17.1. The third-order valence-electron chi connectivity index (χ3n) is 10.3. The van der Waals surface area contributed by atoms with E-state index in [0.29, 0.717) is 19.3 Å². The fraction of sp³-hybridized carbons (Fsp3) is 0.576. The van der Waals surface area contributed by atoms with Crippen molar-refractivity contribution in [2.45, 2.75) is 207 Å². The molecule has 6 nitrogen and oxygen atoms in total. The number of carbonyl (C=O) groups is 3. The Labute approximate surface area is 398 Å². The Morgan fingerprint density at radius 2 is 0.708 bits per heavy atom. The van der Waals surface area contributed by atoms with Crippen LogP contribution in [0.2, 0.25) is 0 Å². The molecule has 1 unspecified atom stereocenters. The van der Waals surface area contributed by atoms with E-state index in [0.717, 1.165) is 122 Å². The van der Waals surface area contributed by atoms with Crippen LogP contribution < -0.4 is 0 Å². The summed E-state index contributed by atoms with van der Waals surface area (Å²) < 4.78 is 16.7. The first-order valence-electron chi connectivity index (χ1n) is 25.8. The van der Waals surface area contributed by atoms with Gasteiger partial charge in [0.1, 0.15) is 13.2 Å². The quantitative estimate of drug-likeness (QED) is 0.0199. The van der Waals surface area contributed by atoms with Gasteiger partial charge in [0.15, 0.2) is 6.10 Å². The second-order valence-electron chi connectivity index (χ2n) is 16.4. The van der Waals surface area contributed by atoms with Gasteiger partial charge < -0.3 is 14.2 Å². The number of hydrogen-bond acceptors (Lipinski definition) is 6. The van der Waals surface area contributed by atoms with Gasteiger partial charge in [-0.1, -0.05) is 219 Å². The van der Waals surface area contributed by atoms with Gasteiger partial charge in [-0.25, -0.2) is 0 Å². The second-order valence-corrected chi connectivity index (χ2v) is 16.4. The van der Waals surface area contributed by atoms with Crippen LogP contribution in [0.5, 0.6) is 0 Å². The number of hydrogen-bond donors (Lipinski definition) is 0. The van der Waals surface area contributed by atoms with Crippen molar-refractivity contribution in [2.24, 2.45) is 0 Å². The van der Waals surface area contributed by atoms with Crippen LogP contribution in [0.15, 0.2) is 134 Å². The highest BCUT2D eigenvalue weighted by Gasteiger charge is 2.19. The molecule has 0 bridgehead atoms. The predicted molar refractivity (Wildman–Crippen MR) is 279 cm³/mol. The van der Waals surface area contributed by atoms with E-state index in [2.05, 4.69) is 136 Å². The number of ether oxygens (including phenoxy) is 3. The van der Waals surface area contributed by atoms with Crippen molar-refractivity contribution in [1.29, 1.82) is 0 Å². The summed E-state index contributed by atoms with van der Waals surface area (Å²) in [7, 11) is 0. The van der Waals surface area contributed by atoms with E-state index in [1.54, 1.807) is 0 Å². The van der Waals surface area contributed by atoms with Crippen LogP contribution in [0.3, 0.4) is 0 Å². The first-order chi connectivity index (χ1) is 32.0. The van der Waals surface area contributed by atoms with E-state index >= 15 is 0 Å². The van der Waals surface area contributed by atoms with Gasteiger partial charge in [0.2, 0.25) is 0 Å². The molecule has 0 heterocycles. The molecular weight excluding hydrogens is 805 g/mol. The van der Waals surface area contributed by atoms with Crippen LogP contribution in [0.4, 0.5) is 0 Å². The molecule has 0 saturated heterocycles. The molecular formula is C59H92O6. The van der Waals surface area contributed by atoms with E-state index in [4.69, 9.17) is 14.2 Å². The lowest BCUT2D eigenvalue weighted by molar-refractivity contribution is -0.166. The maximum Gasteiger partial charge on any atom is 0.306 e.